The van der Waals surface area contributed by atoms with Gasteiger partial charge in [-0.15, -0.1) is 0 Å². The Kier molecular flexibility index (Phi) is 4.79. The van der Waals surface area contributed by atoms with Crippen LogP contribution in [0.1, 0.15) is 36.3 Å². The van der Waals surface area contributed by atoms with Crippen LogP contribution in [0.2, 0.25) is 0 Å². The summed E-state index contributed by atoms with van der Waals surface area (Å²) in [6.45, 7) is 4.64. The molecule has 0 fully saturated rings. The molecule has 1 atom stereocenters. The minimum absolute atomic E-state index is 0.0986. The Hall–Kier alpha value is -2.82. The van der Waals surface area contributed by atoms with Gasteiger partial charge in [-0.2, -0.15) is 0 Å². The first kappa shape index (κ1) is 16.1. The van der Waals surface area contributed by atoms with E-state index in [1.165, 1.54) is 0 Å². The maximum atomic E-state index is 12.9. The Morgan fingerprint density at radius 3 is 2.62 bits per heavy atom. The highest BCUT2D eigenvalue weighted by Gasteiger charge is 2.24. The number of benzene rings is 1. The molecule has 1 unspecified atom stereocenters. The normalized spacial score (nSPS) is 12.1. The number of aromatic nitrogens is 1. The lowest BCUT2D eigenvalue weighted by Gasteiger charge is -2.28. The van der Waals surface area contributed by atoms with E-state index in [0.717, 1.165) is 12.0 Å². The van der Waals surface area contributed by atoms with Gasteiger partial charge in [-0.05, 0) is 31.0 Å². The maximum Gasteiger partial charge on any atom is 0.276 e. The second-order valence-corrected chi connectivity index (χ2v) is 5.73. The fraction of sp³-hybridized carbons (Fsp3) is 0.263. The van der Waals surface area contributed by atoms with Crippen molar-refractivity contribution in [3.05, 3.63) is 66.1 Å². The molecule has 1 aromatic carbocycles. The third-order valence-electron chi connectivity index (χ3n) is 4.07. The first-order valence-corrected chi connectivity index (χ1v) is 8.04. The summed E-state index contributed by atoms with van der Waals surface area (Å²) in [5.74, 6) is 0.863. The van der Waals surface area contributed by atoms with Crippen LogP contribution in [-0.4, -0.2) is 22.0 Å². The van der Waals surface area contributed by atoms with Crippen LogP contribution in [0.15, 0.2) is 63.7 Å². The highest BCUT2D eigenvalue weighted by molar-refractivity contribution is 5.93. The molecule has 5 nitrogen and oxygen atoms in total. The Morgan fingerprint density at radius 2 is 1.96 bits per heavy atom. The van der Waals surface area contributed by atoms with Crippen molar-refractivity contribution in [1.29, 1.82) is 0 Å². The quantitative estimate of drug-likeness (QED) is 0.675. The average Bonchev–Trinajstić information content (AvgIpc) is 3.30. The van der Waals surface area contributed by atoms with E-state index in [1.807, 2.05) is 42.2 Å². The first-order chi connectivity index (χ1) is 11.7. The summed E-state index contributed by atoms with van der Waals surface area (Å²) in [5, 5.41) is 3.93. The summed E-state index contributed by atoms with van der Waals surface area (Å²) in [6.07, 6.45) is 2.42. The van der Waals surface area contributed by atoms with Gasteiger partial charge >= 0.3 is 0 Å². The molecule has 0 aliphatic heterocycles. The van der Waals surface area contributed by atoms with E-state index in [2.05, 4.69) is 12.1 Å². The third-order valence-corrected chi connectivity index (χ3v) is 4.07. The van der Waals surface area contributed by atoms with Gasteiger partial charge in [0.05, 0.1) is 6.26 Å². The lowest BCUT2D eigenvalue weighted by atomic mass is 10.1. The molecule has 0 saturated carbocycles. The van der Waals surface area contributed by atoms with E-state index in [9.17, 15) is 4.79 Å². The molecule has 0 aliphatic rings. The van der Waals surface area contributed by atoms with Crippen LogP contribution >= 0.6 is 0 Å². The topological polar surface area (TPSA) is 59.5 Å². The Balaban J connectivity index is 1.83. The van der Waals surface area contributed by atoms with E-state index in [0.29, 0.717) is 18.1 Å². The summed E-state index contributed by atoms with van der Waals surface area (Å²) in [7, 11) is 0. The van der Waals surface area contributed by atoms with E-state index in [1.54, 1.807) is 24.5 Å². The van der Waals surface area contributed by atoms with Crippen molar-refractivity contribution in [2.24, 2.45) is 0 Å². The summed E-state index contributed by atoms with van der Waals surface area (Å²) in [4.78, 5) is 14.7. The van der Waals surface area contributed by atoms with Gasteiger partial charge in [-0.3, -0.25) is 4.79 Å². The summed E-state index contributed by atoms with van der Waals surface area (Å²) < 4.78 is 10.5. The molecule has 0 saturated heterocycles. The third kappa shape index (κ3) is 3.40. The Bertz CT molecular complexity index is 778. The number of nitrogens with zero attached hydrogens (tertiary/aromatic N) is 2. The molecule has 5 heteroatoms. The second kappa shape index (κ2) is 7.17. The van der Waals surface area contributed by atoms with Gasteiger partial charge in [-0.25, -0.2) is 0 Å². The monoisotopic (exact) mass is 324 g/mol. The van der Waals surface area contributed by atoms with Gasteiger partial charge in [0, 0.05) is 18.7 Å². The zero-order chi connectivity index (χ0) is 16.9. The van der Waals surface area contributed by atoms with Crippen molar-refractivity contribution >= 4 is 5.91 Å². The standard InChI is InChI=1S/C19H20N2O3/c1-3-14(2)21(13-15-8-5-4-6-9-15)19(22)16-12-18(24-20-16)17-10-7-11-23-17/h4-12,14H,3,13H2,1-2H3. The van der Waals surface area contributed by atoms with Crippen molar-refractivity contribution in [1.82, 2.24) is 10.1 Å². The van der Waals surface area contributed by atoms with Crippen LogP contribution in [0, 0.1) is 0 Å². The van der Waals surface area contributed by atoms with Crippen LogP contribution in [0.4, 0.5) is 0 Å². The van der Waals surface area contributed by atoms with Crippen LogP contribution in [0.3, 0.4) is 0 Å². The molecule has 0 bridgehead atoms. The molecule has 0 N–H and O–H groups in total. The molecule has 3 aromatic rings. The zero-order valence-electron chi connectivity index (χ0n) is 13.8. The predicted molar refractivity (Wildman–Crippen MR) is 90.3 cm³/mol. The van der Waals surface area contributed by atoms with Crippen LogP contribution in [0.5, 0.6) is 0 Å². The van der Waals surface area contributed by atoms with Crippen molar-refractivity contribution in [3.8, 4) is 11.5 Å². The van der Waals surface area contributed by atoms with Crippen molar-refractivity contribution in [2.45, 2.75) is 32.9 Å². The van der Waals surface area contributed by atoms with Crippen molar-refractivity contribution in [2.75, 3.05) is 0 Å². The zero-order valence-corrected chi connectivity index (χ0v) is 13.8. The summed E-state index contributed by atoms with van der Waals surface area (Å²) >= 11 is 0. The van der Waals surface area contributed by atoms with Crippen LogP contribution in [-0.2, 0) is 6.54 Å². The molecular weight excluding hydrogens is 304 g/mol. The molecule has 2 aromatic heterocycles. The number of hydrogen-bond donors (Lipinski definition) is 0. The Morgan fingerprint density at radius 1 is 1.17 bits per heavy atom. The fourth-order valence-electron chi connectivity index (χ4n) is 2.49. The average molecular weight is 324 g/mol. The van der Waals surface area contributed by atoms with Crippen LogP contribution < -0.4 is 0 Å². The Labute approximate surface area is 140 Å². The predicted octanol–water partition coefficient (Wildman–Crippen LogP) is 4.38. The number of amides is 1. The molecule has 3 rings (SSSR count). The fourth-order valence-corrected chi connectivity index (χ4v) is 2.49. The second-order valence-electron chi connectivity index (χ2n) is 5.73. The smallest absolute Gasteiger partial charge is 0.276 e. The number of carbonyl (C=O) groups is 1. The minimum atomic E-state index is -0.144. The van der Waals surface area contributed by atoms with Crippen LogP contribution in [0.25, 0.3) is 11.5 Å². The molecule has 0 aliphatic carbocycles. The van der Waals surface area contributed by atoms with Crippen molar-refractivity contribution < 1.29 is 13.7 Å². The molecule has 24 heavy (non-hydrogen) atoms. The highest BCUT2D eigenvalue weighted by atomic mass is 16.5. The largest absolute Gasteiger partial charge is 0.461 e. The van der Waals surface area contributed by atoms with E-state index >= 15 is 0 Å². The van der Waals surface area contributed by atoms with Gasteiger partial charge in [0.25, 0.3) is 5.91 Å². The molecule has 0 radical (unpaired) electrons. The number of rotatable bonds is 6. The minimum Gasteiger partial charge on any atom is -0.461 e. The van der Waals surface area contributed by atoms with Gasteiger partial charge in [-0.1, -0.05) is 42.4 Å². The first-order valence-electron chi connectivity index (χ1n) is 8.04. The van der Waals surface area contributed by atoms with E-state index in [4.69, 9.17) is 8.94 Å². The lowest BCUT2D eigenvalue weighted by molar-refractivity contribution is 0.0661. The maximum absolute atomic E-state index is 12.9. The van der Waals surface area contributed by atoms with Gasteiger partial charge in [0.2, 0.25) is 5.76 Å². The number of carbonyl (C=O) groups excluding carboxylic acids is 1. The molecule has 2 heterocycles. The summed E-state index contributed by atoms with van der Waals surface area (Å²) in [6, 6.07) is 15.2. The number of furan rings is 1. The van der Waals surface area contributed by atoms with E-state index in [-0.39, 0.29) is 17.6 Å². The molecule has 124 valence electrons. The highest BCUT2D eigenvalue weighted by Crippen LogP contribution is 2.22. The lowest BCUT2D eigenvalue weighted by Crippen LogP contribution is -2.38. The van der Waals surface area contributed by atoms with Gasteiger partial charge in [0.15, 0.2) is 11.5 Å². The van der Waals surface area contributed by atoms with Gasteiger partial charge < -0.3 is 13.8 Å². The molecular formula is C19H20N2O3. The van der Waals surface area contributed by atoms with Gasteiger partial charge in [0.1, 0.15) is 0 Å². The van der Waals surface area contributed by atoms with E-state index < -0.39 is 0 Å². The molecule has 0 spiro atoms. The molecule has 1 amide bonds. The number of hydrogen-bond acceptors (Lipinski definition) is 4. The van der Waals surface area contributed by atoms with Crippen molar-refractivity contribution in [3.63, 3.8) is 0 Å². The SMILES string of the molecule is CCC(C)N(Cc1ccccc1)C(=O)c1cc(-c2ccco2)on1. The summed E-state index contributed by atoms with van der Waals surface area (Å²) in [5.41, 5.74) is 1.37.